The number of aromatic nitrogens is 1. The molecule has 0 unspecified atom stereocenters. The fraction of sp³-hybridized carbons (Fsp3) is 0.333. The molecule has 0 aliphatic heterocycles. The fourth-order valence-corrected chi connectivity index (χ4v) is 1.46. The van der Waals surface area contributed by atoms with Crippen molar-refractivity contribution in [2.24, 2.45) is 0 Å². The van der Waals surface area contributed by atoms with Crippen molar-refractivity contribution in [3.63, 3.8) is 0 Å². The topological polar surface area (TPSA) is 115 Å². The van der Waals surface area contributed by atoms with Crippen molar-refractivity contribution in [3.05, 3.63) is 11.6 Å². The maximum atomic E-state index is 10.9. The lowest BCUT2D eigenvalue weighted by Crippen LogP contribution is -2.09. The van der Waals surface area contributed by atoms with Crippen LogP contribution in [-0.4, -0.2) is 26.3 Å². The maximum Gasteiger partial charge on any atom is 0.307 e. The van der Waals surface area contributed by atoms with E-state index in [2.05, 4.69) is 9.17 Å². The summed E-state index contributed by atoms with van der Waals surface area (Å²) in [6.07, 6.45) is 0.878. The van der Waals surface area contributed by atoms with Gasteiger partial charge in [0.1, 0.15) is 11.6 Å². The van der Waals surface area contributed by atoms with E-state index >= 15 is 0 Å². The van der Waals surface area contributed by atoms with Gasteiger partial charge in [-0.1, -0.05) is 0 Å². The third kappa shape index (κ3) is 3.49. The van der Waals surface area contributed by atoms with E-state index in [-0.39, 0.29) is 29.6 Å². The molecule has 0 fully saturated rings. The Kier molecular flexibility index (Phi) is 3.75. The summed E-state index contributed by atoms with van der Waals surface area (Å²) in [6.45, 7) is 1.96. The molecule has 1 aromatic heterocycles. The summed E-state index contributed by atoms with van der Waals surface area (Å²) in [7, 11) is -3.70. The van der Waals surface area contributed by atoms with Crippen LogP contribution in [0.1, 0.15) is 12.5 Å². The fourth-order valence-electron chi connectivity index (χ4n) is 1.07. The normalized spacial score (nSPS) is 10.6. The number of nitrogens with two attached hydrogens (primary N) is 1. The average molecular weight is 257 g/mol. The zero-order valence-corrected chi connectivity index (χ0v) is 10.1. The van der Waals surface area contributed by atoms with E-state index in [0.29, 0.717) is 0 Å². The van der Waals surface area contributed by atoms with E-state index in [1.54, 1.807) is 6.92 Å². The largest absolute Gasteiger partial charge is 0.477 e. The molecule has 0 radical (unpaired) electrons. The summed E-state index contributed by atoms with van der Waals surface area (Å²) in [5, 5.41) is 8.84. The molecule has 0 aliphatic carbocycles. The smallest absolute Gasteiger partial charge is 0.307 e. The van der Waals surface area contributed by atoms with Crippen LogP contribution in [0.4, 0.5) is 5.69 Å². The lowest BCUT2D eigenvalue weighted by molar-refractivity contribution is 0.322. The second-order valence-corrected chi connectivity index (χ2v) is 4.64. The monoisotopic (exact) mass is 257 g/mol. The molecule has 0 spiro atoms. The van der Waals surface area contributed by atoms with Crippen molar-refractivity contribution in [1.82, 2.24) is 4.98 Å². The van der Waals surface area contributed by atoms with E-state index in [0.717, 1.165) is 12.3 Å². The third-order valence-corrected chi connectivity index (χ3v) is 2.10. The van der Waals surface area contributed by atoms with Gasteiger partial charge in [-0.05, 0) is 6.92 Å². The molecule has 1 aromatic rings. The highest BCUT2D eigenvalue weighted by atomic mass is 32.2. The van der Waals surface area contributed by atoms with Gasteiger partial charge < -0.3 is 14.7 Å². The van der Waals surface area contributed by atoms with Gasteiger partial charge in [0.25, 0.3) is 0 Å². The number of anilines is 1. The van der Waals surface area contributed by atoms with Crippen LogP contribution in [-0.2, 0) is 10.1 Å². The van der Waals surface area contributed by atoms with E-state index in [1.165, 1.54) is 0 Å². The Morgan fingerprint density at radius 2 is 2.24 bits per heavy atom. The van der Waals surface area contributed by atoms with Crippen LogP contribution in [0.25, 0.3) is 0 Å². The van der Waals surface area contributed by atoms with Crippen molar-refractivity contribution in [1.29, 1.82) is 5.26 Å². The average Bonchev–Trinajstić information content (AvgIpc) is 2.15. The Morgan fingerprint density at radius 1 is 1.59 bits per heavy atom. The van der Waals surface area contributed by atoms with Gasteiger partial charge in [-0.25, -0.2) is 0 Å². The number of pyridine rings is 1. The molecule has 0 atom stereocenters. The second-order valence-electron chi connectivity index (χ2n) is 3.06. The number of rotatable bonds is 4. The number of nitrogen functional groups attached to an aromatic ring is 1. The molecule has 0 saturated carbocycles. The summed E-state index contributed by atoms with van der Waals surface area (Å²) < 4.78 is 31.5. The molecule has 1 heterocycles. The lowest BCUT2D eigenvalue weighted by atomic mass is 10.2. The Labute approximate surface area is 98.9 Å². The summed E-state index contributed by atoms with van der Waals surface area (Å²) in [5.41, 5.74) is 5.66. The van der Waals surface area contributed by atoms with Gasteiger partial charge in [0.2, 0.25) is 11.8 Å². The van der Waals surface area contributed by atoms with Gasteiger partial charge in [0.05, 0.1) is 18.6 Å². The van der Waals surface area contributed by atoms with Crippen LogP contribution >= 0.6 is 0 Å². The molecule has 0 saturated heterocycles. The van der Waals surface area contributed by atoms with E-state index in [1.807, 2.05) is 6.07 Å². The molecule has 0 bridgehead atoms. The molecule has 0 aromatic carbocycles. The molecule has 17 heavy (non-hydrogen) atoms. The van der Waals surface area contributed by atoms with Crippen LogP contribution < -0.4 is 14.7 Å². The summed E-state index contributed by atoms with van der Waals surface area (Å²) in [6, 6.07) is 2.98. The van der Waals surface area contributed by atoms with Crippen molar-refractivity contribution < 1.29 is 17.3 Å². The maximum absolute atomic E-state index is 10.9. The highest BCUT2D eigenvalue weighted by Gasteiger charge is 2.15. The Bertz CT molecular complexity index is 562. The zero-order valence-electron chi connectivity index (χ0n) is 9.30. The number of hydrogen-bond acceptors (Lipinski definition) is 7. The number of nitrogens with zero attached hydrogens (tertiary/aromatic N) is 2. The number of ether oxygens (including phenoxy) is 1. The molecule has 7 nitrogen and oxygen atoms in total. The van der Waals surface area contributed by atoms with Gasteiger partial charge in [-0.15, -0.1) is 0 Å². The highest BCUT2D eigenvalue weighted by Crippen LogP contribution is 2.26. The first-order chi connectivity index (χ1) is 7.87. The third-order valence-electron chi connectivity index (χ3n) is 1.62. The Balaban J connectivity index is 3.25. The summed E-state index contributed by atoms with van der Waals surface area (Å²) >= 11 is 0. The molecule has 8 heteroatoms. The van der Waals surface area contributed by atoms with E-state index in [9.17, 15) is 8.42 Å². The Morgan fingerprint density at radius 3 is 2.71 bits per heavy atom. The number of hydrogen-bond donors (Lipinski definition) is 1. The van der Waals surface area contributed by atoms with Gasteiger partial charge in [0.15, 0.2) is 0 Å². The van der Waals surface area contributed by atoms with Gasteiger partial charge >= 0.3 is 10.1 Å². The van der Waals surface area contributed by atoms with Crippen LogP contribution in [0.3, 0.4) is 0 Å². The minimum atomic E-state index is -3.70. The standard InChI is InChI=1S/C9H11N3O4S/c1-3-15-9-6(5-10)7(11)4-8(12-9)16-17(2,13)14/h4H,3H2,1-2H3,(H2,11,12). The molecule has 1 rings (SSSR count). The van der Waals surface area contributed by atoms with Crippen molar-refractivity contribution in [2.75, 3.05) is 18.6 Å². The first-order valence-electron chi connectivity index (χ1n) is 4.60. The first-order valence-corrected chi connectivity index (χ1v) is 6.42. The minimum Gasteiger partial charge on any atom is -0.477 e. The van der Waals surface area contributed by atoms with E-state index < -0.39 is 10.1 Å². The van der Waals surface area contributed by atoms with Crippen molar-refractivity contribution in [2.45, 2.75) is 6.92 Å². The minimum absolute atomic E-state index is 0.0459. The second kappa shape index (κ2) is 4.88. The summed E-state index contributed by atoms with van der Waals surface area (Å²) in [4.78, 5) is 3.75. The highest BCUT2D eigenvalue weighted by molar-refractivity contribution is 7.86. The molecule has 92 valence electrons. The SMILES string of the molecule is CCOc1nc(OS(C)(=O)=O)cc(N)c1C#N. The van der Waals surface area contributed by atoms with Gasteiger partial charge in [-0.2, -0.15) is 18.7 Å². The van der Waals surface area contributed by atoms with Gasteiger partial charge in [0, 0.05) is 6.07 Å². The predicted molar refractivity (Wildman–Crippen MR) is 60.0 cm³/mol. The van der Waals surface area contributed by atoms with Crippen LogP contribution in [0.5, 0.6) is 11.8 Å². The van der Waals surface area contributed by atoms with Crippen LogP contribution in [0.2, 0.25) is 0 Å². The summed E-state index contributed by atoms with van der Waals surface area (Å²) in [5.74, 6) is -0.277. The van der Waals surface area contributed by atoms with Crippen LogP contribution in [0, 0.1) is 11.3 Å². The quantitative estimate of drug-likeness (QED) is 0.769. The van der Waals surface area contributed by atoms with Gasteiger partial charge in [-0.3, -0.25) is 0 Å². The van der Waals surface area contributed by atoms with Crippen molar-refractivity contribution >= 4 is 15.8 Å². The molecule has 0 amide bonds. The predicted octanol–water partition coefficient (Wildman–Crippen LogP) is 0.273. The lowest BCUT2D eigenvalue weighted by Gasteiger charge is -2.09. The molecule has 2 N–H and O–H groups in total. The number of nitriles is 1. The molecule has 0 aliphatic rings. The van der Waals surface area contributed by atoms with E-state index in [4.69, 9.17) is 15.7 Å². The molecular formula is C9H11N3O4S. The molecular weight excluding hydrogens is 246 g/mol. The van der Waals surface area contributed by atoms with Crippen molar-refractivity contribution in [3.8, 4) is 17.8 Å². The Hall–Kier alpha value is -2.01. The zero-order chi connectivity index (χ0) is 13.1. The van der Waals surface area contributed by atoms with Crippen LogP contribution in [0.15, 0.2) is 6.07 Å². The first kappa shape index (κ1) is 13.1.